The highest BCUT2D eigenvalue weighted by Crippen LogP contribution is 2.23. The van der Waals surface area contributed by atoms with Crippen LogP contribution >= 0.6 is 0 Å². The average molecular weight is 426 g/mol. The van der Waals surface area contributed by atoms with Crippen LogP contribution in [0.4, 0.5) is 5.69 Å². The number of epoxide rings is 1. The van der Waals surface area contributed by atoms with Gasteiger partial charge in [-0.25, -0.2) is 0 Å². The van der Waals surface area contributed by atoms with Crippen molar-refractivity contribution in [2.24, 2.45) is 0 Å². The maximum Gasteiger partial charge on any atom is 0.501 e. The molecule has 1 atom stereocenters. The molecule has 0 radical (unpaired) electrons. The molecule has 0 spiro atoms. The number of nitrogens with zero attached hydrogens (tertiary/aromatic N) is 1. The first-order valence-corrected chi connectivity index (χ1v) is 13.1. The van der Waals surface area contributed by atoms with E-state index in [1.165, 1.54) is 18.5 Å². The van der Waals surface area contributed by atoms with Gasteiger partial charge in [0.1, 0.15) is 5.75 Å². The molecular formula is C22H39NO5Si. The first-order chi connectivity index (χ1) is 14.2. The molecule has 1 aliphatic rings. The van der Waals surface area contributed by atoms with E-state index in [1.54, 1.807) is 0 Å². The molecule has 0 aromatic heterocycles. The van der Waals surface area contributed by atoms with Gasteiger partial charge in [-0.3, -0.25) is 0 Å². The van der Waals surface area contributed by atoms with Crippen LogP contribution in [0.25, 0.3) is 0 Å². The molecular weight excluding hydrogens is 386 g/mol. The third kappa shape index (κ3) is 8.64. The Labute approximate surface area is 177 Å². The van der Waals surface area contributed by atoms with Crippen LogP contribution in [0.2, 0.25) is 6.04 Å². The predicted octanol–water partition coefficient (Wildman–Crippen LogP) is 4.51. The molecule has 1 unspecified atom stereocenters. The summed E-state index contributed by atoms with van der Waals surface area (Å²) in [5, 5.41) is 0. The summed E-state index contributed by atoms with van der Waals surface area (Å²) in [4.78, 5) is 2.41. The largest absolute Gasteiger partial charge is 0.501 e. The summed E-state index contributed by atoms with van der Waals surface area (Å²) in [5.74, 6) is 0.892. The van der Waals surface area contributed by atoms with Crippen molar-refractivity contribution in [3.8, 4) is 5.75 Å². The van der Waals surface area contributed by atoms with E-state index >= 15 is 0 Å². The van der Waals surface area contributed by atoms with Gasteiger partial charge in [-0.2, -0.15) is 0 Å². The Hall–Kier alpha value is -1.12. The molecule has 1 aromatic rings. The molecule has 2 rings (SSSR count). The van der Waals surface area contributed by atoms with E-state index in [-0.39, 0.29) is 0 Å². The SMILES string of the molecule is CCCCN(CC1CO1)c1ccc(OCCC[Si](OCC)(OCC)OCC)cc1. The molecule has 0 bridgehead atoms. The monoisotopic (exact) mass is 425 g/mol. The summed E-state index contributed by atoms with van der Waals surface area (Å²) in [6, 6.07) is 9.17. The van der Waals surface area contributed by atoms with Gasteiger partial charge < -0.3 is 27.7 Å². The molecule has 0 aliphatic carbocycles. The maximum atomic E-state index is 5.96. The van der Waals surface area contributed by atoms with E-state index in [9.17, 15) is 0 Å². The maximum absolute atomic E-state index is 5.96. The molecule has 7 heteroatoms. The van der Waals surface area contributed by atoms with Gasteiger partial charge >= 0.3 is 8.80 Å². The highest BCUT2D eigenvalue weighted by molar-refractivity contribution is 6.60. The van der Waals surface area contributed by atoms with E-state index in [4.69, 9.17) is 22.8 Å². The Balaban J connectivity index is 1.82. The molecule has 1 saturated heterocycles. The molecule has 0 saturated carbocycles. The van der Waals surface area contributed by atoms with Gasteiger partial charge in [0, 0.05) is 44.6 Å². The predicted molar refractivity (Wildman–Crippen MR) is 119 cm³/mol. The van der Waals surface area contributed by atoms with Crippen LogP contribution in [-0.4, -0.2) is 61.0 Å². The number of unbranched alkanes of at least 4 members (excludes halogenated alkanes) is 1. The number of anilines is 1. The van der Waals surface area contributed by atoms with Gasteiger partial charge in [-0.05, 0) is 57.9 Å². The van der Waals surface area contributed by atoms with Crippen molar-refractivity contribution >= 4 is 14.5 Å². The smallest absolute Gasteiger partial charge is 0.494 e. The van der Waals surface area contributed by atoms with Crippen LogP contribution in [0.5, 0.6) is 5.75 Å². The van der Waals surface area contributed by atoms with E-state index in [2.05, 4.69) is 36.1 Å². The molecule has 1 aromatic carbocycles. The van der Waals surface area contributed by atoms with Gasteiger partial charge in [0.15, 0.2) is 0 Å². The zero-order valence-electron chi connectivity index (χ0n) is 18.7. The van der Waals surface area contributed by atoms with Crippen LogP contribution in [-0.2, 0) is 18.0 Å². The highest BCUT2D eigenvalue weighted by Gasteiger charge is 2.39. The summed E-state index contributed by atoms with van der Waals surface area (Å²) in [7, 11) is -2.58. The van der Waals surface area contributed by atoms with Crippen molar-refractivity contribution in [2.75, 3.05) is 51.0 Å². The zero-order valence-corrected chi connectivity index (χ0v) is 19.7. The van der Waals surface area contributed by atoms with Crippen LogP contribution in [0.3, 0.4) is 0 Å². The number of rotatable bonds is 17. The van der Waals surface area contributed by atoms with Gasteiger partial charge in [-0.15, -0.1) is 0 Å². The van der Waals surface area contributed by atoms with Crippen molar-refractivity contribution < 1.29 is 22.8 Å². The number of benzene rings is 1. The second-order valence-electron chi connectivity index (χ2n) is 7.18. The molecule has 6 nitrogen and oxygen atoms in total. The third-order valence-corrected chi connectivity index (χ3v) is 7.95. The summed E-state index contributed by atoms with van der Waals surface area (Å²) >= 11 is 0. The van der Waals surface area contributed by atoms with E-state index in [1.807, 2.05) is 20.8 Å². The summed E-state index contributed by atoms with van der Waals surface area (Å²) in [6.07, 6.45) is 3.62. The van der Waals surface area contributed by atoms with Crippen LogP contribution in [0, 0.1) is 0 Å². The van der Waals surface area contributed by atoms with Crippen molar-refractivity contribution in [1.82, 2.24) is 0 Å². The summed E-state index contributed by atoms with van der Waals surface area (Å²) < 4.78 is 29.1. The van der Waals surface area contributed by atoms with Gasteiger partial charge in [-0.1, -0.05) is 13.3 Å². The second-order valence-corrected chi connectivity index (χ2v) is 9.91. The fourth-order valence-corrected chi connectivity index (χ4v) is 5.91. The fraction of sp³-hybridized carbons (Fsp3) is 0.727. The second kappa shape index (κ2) is 13.2. The first-order valence-electron chi connectivity index (χ1n) is 11.2. The molecule has 1 aliphatic heterocycles. The Morgan fingerprint density at radius 1 is 0.966 bits per heavy atom. The minimum Gasteiger partial charge on any atom is -0.494 e. The van der Waals surface area contributed by atoms with Crippen LogP contribution in [0.15, 0.2) is 24.3 Å². The Kier molecular flexibility index (Phi) is 11.0. The standard InChI is InChI=1S/C22H39NO5Si/c1-5-9-15-23(18-22-19-25-22)20-11-13-21(14-12-20)24-16-10-17-29(26-6-2,27-7-3)28-8-4/h11-14,22H,5-10,15-19H2,1-4H3. The van der Waals surface area contributed by atoms with Crippen molar-refractivity contribution in [3.63, 3.8) is 0 Å². The molecule has 166 valence electrons. The van der Waals surface area contributed by atoms with E-state index < -0.39 is 8.80 Å². The van der Waals surface area contributed by atoms with Crippen molar-refractivity contribution in [3.05, 3.63) is 24.3 Å². The quantitative estimate of drug-likeness (QED) is 0.208. The number of hydrogen-bond acceptors (Lipinski definition) is 6. The zero-order chi connectivity index (χ0) is 21.0. The van der Waals surface area contributed by atoms with Crippen molar-refractivity contribution in [1.29, 1.82) is 0 Å². The van der Waals surface area contributed by atoms with Gasteiger partial charge in [0.25, 0.3) is 0 Å². The van der Waals surface area contributed by atoms with Crippen LogP contribution < -0.4 is 9.64 Å². The Bertz CT molecular complexity index is 536. The molecule has 29 heavy (non-hydrogen) atoms. The lowest BCUT2D eigenvalue weighted by atomic mass is 10.2. The first kappa shape index (κ1) is 24.1. The number of hydrogen-bond donors (Lipinski definition) is 0. The Morgan fingerprint density at radius 2 is 1.59 bits per heavy atom. The summed E-state index contributed by atoms with van der Waals surface area (Å²) in [5.41, 5.74) is 1.23. The van der Waals surface area contributed by atoms with Gasteiger partial charge in [0.05, 0.1) is 19.3 Å². The minimum atomic E-state index is -2.58. The topological polar surface area (TPSA) is 52.7 Å². The summed E-state index contributed by atoms with van der Waals surface area (Å²) in [6.45, 7) is 13.5. The van der Waals surface area contributed by atoms with Crippen LogP contribution in [0.1, 0.15) is 47.0 Å². The van der Waals surface area contributed by atoms with Crippen molar-refractivity contribution in [2.45, 2.75) is 59.1 Å². The molecule has 1 fully saturated rings. The molecule has 0 amide bonds. The minimum absolute atomic E-state index is 0.397. The number of ether oxygens (including phenoxy) is 2. The van der Waals surface area contributed by atoms with Gasteiger partial charge in [0.2, 0.25) is 0 Å². The lowest BCUT2D eigenvalue weighted by Crippen LogP contribution is -2.46. The Morgan fingerprint density at radius 3 is 2.10 bits per heavy atom. The third-order valence-electron chi connectivity index (χ3n) is 4.80. The molecule has 0 N–H and O–H groups in total. The fourth-order valence-electron chi connectivity index (χ4n) is 3.33. The van der Waals surface area contributed by atoms with E-state index in [0.29, 0.717) is 32.5 Å². The lowest BCUT2D eigenvalue weighted by Gasteiger charge is -2.28. The molecule has 1 heterocycles. The average Bonchev–Trinajstić information content (AvgIpc) is 3.54. The normalized spacial score (nSPS) is 16.1. The van der Waals surface area contributed by atoms with E-state index in [0.717, 1.165) is 37.9 Å². The lowest BCUT2D eigenvalue weighted by molar-refractivity contribution is 0.0696. The highest BCUT2D eigenvalue weighted by atomic mass is 28.4.